The summed E-state index contributed by atoms with van der Waals surface area (Å²) in [5.74, 6) is -3.14. The Balaban J connectivity index is 0.00000225. The Bertz CT molecular complexity index is 581. The molecule has 0 saturated carbocycles. The molecule has 3 heterocycles. The minimum atomic E-state index is -2.80. The number of rotatable bonds is 5. The maximum Gasteiger partial charge on any atom is 0.262 e. The van der Waals surface area contributed by atoms with Crippen LogP contribution in [0.15, 0.2) is 12.1 Å². The van der Waals surface area contributed by atoms with Crippen molar-refractivity contribution in [3.63, 3.8) is 0 Å². The second kappa shape index (κ2) is 8.73. The molecule has 2 atom stereocenters. The number of halogens is 3. The summed E-state index contributed by atoms with van der Waals surface area (Å²) in [7, 11) is 0. The normalized spacial score (nSPS) is 24.5. The summed E-state index contributed by atoms with van der Waals surface area (Å²) in [5, 5.41) is 5.46. The zero-order chi connectivity index (χ0) is 17.2. The van der Waals surface area contributed by atoms with E-state index in [1.54, 1.807) is 11.3 Å². The van der Waals surface area contributed by atoms with Crippen molar-refractivity contribution in [3.8, 4) is 0 Å². The van der Waals surface area contributed by atoms with Crippen molar-refractivity contribution in [2.24, 2.45) is 0 Å². The Kier molecular flexibility index (Phi) is 7.16. The number of alkyl halides is 2. The molecule has 2 aliphatic rings. The smallest absolute Gasteiger partial charge is 0.262 e. The number of hydrogen-bond donors (Lipinski definition) is 2. The van der Waals surface area contributed by atoms with Crippen molar-refractivity contribution in [2.75, 3.05) is 39.4 Å². The Morgan fingerprint density at radius 2 is 2.20 bits per heavy atom. The van der Waals surface area contributed by atoms with Crippen LogP contribution >= 0.6 is 23.7 Å². The van der Waals surface area contributed by atoms with Gasteiger partial charge in [-0.1, -0.05) is 0 Å². The van der Waals surface area contributed by atoms with Crippen LogP contribution in [0.3, 0.4) is 0 Å². The van der Waals surface area contributed by atoms with Crippen LogP contribution in [0, 0.1) is 6.92 Å². The Hall–Kier alpha value is -0.800. The van der Waals surface area contributed by atoms with E-state index in [1.807, 2.05) is 6.92 Å². The number of ether oxygens (including phenoxy) is 1. The quantitative estimate of drug-likeness (QED) is 0.800. The summed E-state index contributed by atoms with van der Waals surface area (Å²) < 4.78 is 31.9. The van der Waals surface area contributed by atoms with Crippen LogP contribution < -0.4 is 10.6 Å². The second-order valence-electron chi connectivity index (χ2n) is 6.35. The SMILES string of the molecule is Cc1ccc(C(CNC(=O)C2CC(F)(F)CN2)N2CCOCC2)s1.Cl. The van der Waals surface area contributed by atoms with Crippen LogP contribution in [0.2, 0.25) is 0 Å². The Morgan fingerprint density at radius 1 is 1.48 bits per heavy atom. The van der Waals surface area contributed by atoms with Crippen LogP contribution in [0.5, 0.6) is 0 Å². The number of hydrogen-bond acceptors (Lipinski definition) is 5. The van der Waals surface area contributed by atoms with Crippen LogP contribution in [0.1, 0.15) is 22.2 Å². The first-order valence-corrected chi connectivity index (χ1v) is 9.03. The second-order valence-corrected chi connectivity index (χ2v) is 7.67. The predicted octanol–water partition coefficient (Wildman–Crippen LogP) is 1.97. The molecule has 142 valence electrons. The minimum Gasteiger partial charge on any atom is -0.379 e. The largest absolute Gasteiger partial charge is 0.379 e. The minimum absolute atomic E-state index is 0. The number of amides is 1. The number of aryl methyl sites for hydroxylation is 1. The molecule has 0 radical (unpaired) electrons. The first kappa shape index (κ1) is 20.5. The number of nitrogens with one attached hydrogen (secondary N) is 2. The van der Waals surface area contributed by atoms with Gasteiger partial charge < -0.3 is 10.1 Å². The lowest BCUT2D eigenvalue weighted by Crippen LogP contribution is -2.46. The fourth-order valence-electron chi connectivity index (χ4n) is 3.15. The van der Waals surface area contributed by atoms with E-state index in [0.717, 1.165) is 13.1 Å². The third-order valence-electron chi connectivity index (χ3n) is 4.47. The number of thiophene rings is 1. The van der Waals surface area contributed by atoms with Crippen molar-refractivity contribution in [1.29, 1.82) is 0 Å². The van der Waals surface area contributed by atoms with Crippen LogP contribution in [0.25, 0.3) is 0 Å². The van der Waals surface area contributed by atoms with E-state index < -0.39 is 24.9 Å². The van der Waals surface area contributed by atoms with Crippen molar-refractivity contribution >= 4 is 29.7 Å². The molecule has 1 aromatic rings. The molecule has 3 rings (SSSR count). The van der Waals surface area contributed by atoms with Gasteiger partial charge in [0.15, 0.2) is 0 Å². The van der Waals surface area contributed by atoms with E-state index in [0.29, 0.717) is 19.8 Å². The van der Waals surface area contributed by atoms with Crippen LogP contribution in [0.4, 0.5) is 8.78 Å². The molecule has 5 nitrogen and oxygen atoms in total. The van der Waals surface area contributed by atoms with E-state index in [9.17, 15) is 13.6 Å². The summed E-state index contributed by atoms with van der Waals surface area (Å²) in [6, 6.07) is 3.39. The molecule has 9 heteroatoms. The highest BCUT2D eigenvalue weighted by molar-refractivity contribution is 7.12. The summed E-state index contributed by atoms with van der Waals surface area (Å²) in [5.41, 5.74) is 0. The van der Waals surface area contributed by atoms with E-state index in [4.69, 9.17) is 4.74 Å². The van der Waals surface area contributed by atoms with Gasteiger partial charge in [-0.25, -0.2) is 8.78 Å². The van der Waals surface area contributed by atoms with E-state index in [1.165, 1.54) is 9.75 Å². The predicted molar refractivity (Wildman–Crippen MR) is 95.8 cm³/mol. The summed E-state index contributed by atoms with van der Waals surface area (Å²) in [6.07, 6.45) is -0.431. The molecule has 2 N–H and O–H groups in total. The molecular formula is C16H24ClF2N3O2S. The Labute approximate surface area is 156 Å². The lowest BCUT2D eigenvalue weighted by atomic mass is 10.1. The molecule has 2 aliphatic heterocycles. The molecule has 25 heavy (non-hydrogen) atoms. The molecular weight excluding hydrogens is 372 g/mol. The van der Waals surface area contributed by atoms with Gasteiger partial charge in [-0.3, -0.25) is 15.0 Å². The van der Waals surface area contributed by atoms with Crippen molar-refractivity contribution in [3.05, 3.63) is 21.9 Å². The summed E-state index contributed by atoms with van der Waals surface area (Å²) >= 11 is 1.70. The first-order chi connectivity index (χ1) is 11.4. The lowest BCUT2D eigenvalue weighted by molar-refractivity contribution is -0.123. The molecule has 2 saturated heterocycles. The number of carbonyl (C=O) groups excluding carboxylic acids is 1. The maximum absolute atomic E-state index is 13.2. The molecule has 0 aliphatic carbocycles. The monoisotopic (exact) mass is 395 g/mol. The topological polar surface area (TPSA) is 53.6 Å². The van der Waals surface area contributed by atoms with Crippen molar-refractivity contribution < 1.29 is 18.3 Å². The van der Waals surface area contributed by atoms with Gasteiger partial charge in [-0.15, -0.1) is 23.7 Å². The van der Waals surface area contributed by atoms with Crippen molar-refractivity contribution in [1.82, 2.24) is 15.5 Å². The van der Waals surface area contributed by atoms with Gasteiger partial charge in [-0.2, -0.15) is 0 Å². The standard InChI is InChI=1S/C16H23F2N3O2S.ClH/c1-11-2-3-14(24-11)13(21-4-6-23-7-5-21)9-19-15(22)12-8-16(17,18)10-20-12;/h2-3,12-13,20H,4-10H2,1H3,(H,19,22);1H. The molecule has 2 unspecified atom stereocenters. The van der Waals surface area contributed by atoms with Crippen LogP contribution in [-0.2, 0) is 9.53 Å². The fraction of sp³-hybridized carbons (Fsp3) is 0.688. The van der Waals surface area contributed by atoms with Gasteiger partial charge in [0.05, 0.1) is 31.8 Å². The summed E-state index contributed by atoms with van der Waals surface area (Å²) in [6.45, 7) is 4.99. The third-order valence-corrected chi connectivity index (χ3v) is 5.57. The van der Waals surface area contributed by atoms with Gasteiger partial charge in [0.1, 0.15) is 0 Å². The average Bonchev–Trinajstić information content (AvgIpc) is 3.14. The number of nitrogens with zero attached hydrogens (tertiary/aromatic N) is 1. The van der Waals surface area contributed by atoms with Crippen LogP contribution in [-0.4, -0.2) is 62.2 Å². The molecule has 1 aromatic heterocycles. The van der Waals surface area contributed by atoms with Gasteiger partial charge in [0, 0.05) is 35.8 Å². The fourth-order valence-corrected chi connectivity index (χ4v) is 4.17. The van der Waals surface area contributed by atoms with Gasteiger partial charge >= 0.3 is 0 Å². The summed E-state index contributed by atoms with van der Waals surface area (Å²) in [4.78, 5) is 16.9. The zero-order valence-corrected chi connectivity index (χ0v) is 15.7. The Morgan fingerprint density at radius 3 is 2.76 bits per heavy atom. The van der Waals surface area contributed by atoms with Gasteiger partial charge in [-0.05, 0) is 19.1 Å². The molecule has 0 spiro atoms. The van der Waals surface area contributed by atoms with E-state index in [-0.39, 0.29) is 24.4 Å². The highest BCUT2D eigenvalue weighted by Gasteiger charge is 2.42. The van der Waals surface area contributed by atoms with Crippen molar-refractivity contribution in [2.45, 2.75) is 31.4 Å². The van der Waals surface area contributed by atoms with E-state index in [2.05, 4.69) is 27.7 Å². The maximum atomic E-state index is 13.2. The average molecular weight is 396 g/mol. The molecule has 2 fully saturated rings. The molecule has 0 bridgehead atoms. The highest BCUT2D eigenvalue weighted by atomic mass is 35.5. The van der Waals surface area contributed by atoms with E-state index >= 15 is 0 Å². The molecule has 0 aromatic carbocycles. The first-order valence-electron chi connectivity index (χ1n) is 8.22. The number of morpholine rings is 1. The number of carbonyl (C=O) groups is 1. The van der Waals surface area contributed by atoms with Gasteiger partial charge in [0.25, 0.3) is 5.92 Å². The zero-order valence-electron chi connectivity index (χ0n) is 14.1. The van der Waals surface area contributed by atoms with Gasteiger partial charge in [0.2, 0.25) is 5.91 Å². The molecule has 1 amide bonds. The lowest BCUT2D eigenvalue weighted by Gasteiger charge is -2.34. The third kappa shape index (κ3) is 5.34. The highest BCUT2D eigenvalue weighted by Crippen LogP contribution is 2.28.